The Morgan fingerprint density at radius 2 is 1.47 bits per heavy atom. The van der Waals surface area contributed by atoms with Crippen molar-refractivity contribution in [2.45, 2.75) is 37.8 Å². The Balaban J connectivity index is 1.81. The van der Waals surface area contributed by atoms with Crippen molar-refractivity contribution >= 4 is 50.7 Å². The van der Waals surface area contributed by atoms with Gasteiger partial charge in [-0.2, -0.15) is 0 Å². The molecule has 1 N–H and O–H groups in total. The van der Waals surface area contributed by atoms with E-state index in [-0.39, 0.29) is 39.5 Å². The molecule has 1 unspecified atom stereocenters. The fraction of sp³-hybridized carbons (Fsp3) is 0.212. The number of likely N-dealkylation sites (N-methyl/N-ethyl adjacent to an activating group) is 1. The number of benzene rings is 4. The van der Waals surface area contributed by atoms with E-state index < -0.39 is 28.5 Å². The molecule has 2 amide bonds. The molecule has 43 heavy (non-hydrogen) atoms. The van der Waals surface area contributed by atoms with Gasteiger partial charge in [0, 0.05) is 19.5 Å². The Morgan fingerprint density at radius 1 is 0.837 bits per heavy atom. The van der Waals surface area contributed by atoms with Crippen molar-refractivity contribution in [1.82, 2.24) is 10.2 Å². The number of anilines is 1. The molecule has 0 saturated heterocycles. The van der Waals surface area contributed by atoms with Gasteiger partial charge < -0.3 is 10.2 Å². The first kappa shape index (κ1) is 32.1. The lowest BCUT2D eigenvalue weighted by atomic mass is 10.0. The summed E-state index contributed by atoms with van der Waals surface area (Å²) in [6.07, 6.45) is 0.239. The van der Waals surface area contributed by atoms with Gasteiger partial charge in [0.1, 0.15) is 12.6 Å². The molecule has 0 aromatic heterocycles. The third-order valence-electron chi connectivity index (χ3n) is 7.03. The third kappa shape index (κ3) is 7.96. The van der Waals surface area contributed by atoms with Gasteiger partial charge >= 0.3 is 0 Å². The Kier molecular flexibility index (Phi) is 10.9. The molecular weight excluding hydrogens is 605 g/mol. The molecule has 4 aromatic carbocycles. The van der Waals surface area contributed by atoms with Crippen molar-refractivity contribution in [3.05, 3.63) is 130 Å². The largest absolute Gasteiger partial charge is 0.355 e. The molecule has 1 atom stereocenters. The van der Waals surface area contributed by atoms with Gasteiger partial charge in [0.05, 0.1) is 20.6 Å². The van der Waals surface area contributed by atoms with Crippen LogP contribution in [0.15, 0.2) is 108 Å². The molecular formula is C33H33Cl2N3O4S. The second-order valence-corrected chi connectivity index (χ2v) is 12.6. The van der Waals surface area contributed by atoms with Crippen molar-refractivity contribution < 1.29 is 18.0 Å². The molecule has 0 aliphatic rings. The van der Waals surface area contributed by atoms with Crippen LogP contribution in [0.3, 0.4) is 0 Å². The zero-order chi connectivity index (χ0) is 31.0. The van der Waals surface area contributed by atoms with Crippen LogP contribution < -0.4 is 9.62 Å². The van der Waals surface area contributed by atoms with Gasteiger partial charge in [-0.25, -0.2) is 8.42 Å². The molecule has 0 spiro atoms. The number of amides is 2. The first-order valence-corrected chi connectivity index (χ1v) is 16.0. The van der Waals surface area contributed by atoms with Crippen LogP contribution in [0.5, 0.6) is 0 Å². The molecule has 4 rings (SSSR count). The number of aryl methyl sites for hydroxylation is 1. The first-order chi connectivity index (χ1) is 20.6. The molecule has 0 bridgehead atoms. The van der Waals surface area contributed by atoms with Gasteiger partial charge in [0.15, 0.2) is 0 Å². The standard InChI is InChI=1S/C33H33Cl2N3O4S/c1-3-36-33(40)31(20-25-13-6-4-7-14-25)37(22-26-15-11-10-12-24(26)2)32(39)23-38(27-18-19-29(34)30(35)21-27)43(41,42)28-16-8-5-9-17-28/h4-19,21,31H,3,20,22-23H2,1-2H3,(H,36,40). The normalized spacial score (nSPS) is 11.9. The highest BCUT2D eigenvalue weighted by atomic mass is 35.5. The van der Waals surface area contributed by atoms with Crippen molar-refractivity contribution in [1.29, 1.82) is 0 Å². The lowest BCUT2D eigenvalue weighted by molar-refractivity contribution is -0.140. The van der Waals surface area contributed by atoms with E-state index >= 15 is 0 Å². The average molecular weight is 639 g/mol. The quantitative estimate of drug-likeness (QED) is 0.198. The minimum atomic E-state index is -4.22. The highest BCUT2D eigenvalue weighted by Crippen LogP contribution is 2.31. The van der Waals surface area contributed by atoms with Crippen LogP contribution in [-0.2, 0) is 32.6 Å². The van der Waals surface area contributed by atoms with E-state index in [9.17, 15) is 18.0 Å². The molecule has 7 nitrogen and oxygen atoms in total. The maximum atomic E-state index is 14.4. The van der Waals surface area contributed by atoms with E-state index in [0.717, 1.165) is 21.0 Å². The van der Waals surface area contributed by atoms with Gasteiger partial charge in [-0.1, -0.05) is 96.0 Å². The highest BCUT2D eigenvalue weighted by molar-refractivity contribution is 7.92. The number of rotatable bonds is 12. The van der Waals surface area contributed by atoms with Crippen LogP contribution in [-0.4, -0.2) is 44.3 Å². The minimum absolute atomic E-state index is 0.00360. The summed E-state index contributed by atoms with van der Waals surface area (Å²) in [5, 5.41) is 3.24. The smallest absolute Gasteiger partial charge is 0.264 e. The summed E-state index contributed by atoms with van der Waals surface area (Å²) in [4.78, 5) is 29.4. The second-order valence-electron chi connectivity index (χ2n) is 9.97. The van der Waals surface area contributed by atoms with Crippen LogP contribution in [0.2, 0.25) is 10.0 Å². The van der Waals surface area contributed by atoms with Gasteiger partial charge in [-0.3, -0.25) is 13.9 Å². The van der Waals surface area contributed by atoms with Gasteiger partial charge in [-0.05, 0) is 60.9 Å². The molecule has 0 aliphatic carbocycles. The highest BCUT2D eigenvalue weighted by Gasteiger charge is 2.34. The van der Waals surface area contributed by atoms with E-state index in [1.54, 1.807) is 18.2 Å². The van der Waals surface area contributed by atoms with E-state index in [1.807, 2.05) is 68.4 Å². The fourth-order valence-corrected chi connectivity index (χ4v) is 6.43. The van der Waals surface area contributed by atoms with Crippen molar-refractivity contribution in [3.63, 3.8) is 0 Å². The number of hydrogen-bond acceptors (Lipinski definition) is 4. The number of carbonyl (C=O) groups excluding carboxylic acids is 2. The number of nitrogens with one attached hydrogen (secondary N) is 1. The fourth-order valence-electron chi connectivity index (χ4n) is 4.71. The average Bonchev–Trinajstić information content (AvgIpc) is 3.01. The van der Waals surface area contributed by atoms with Crippen molar-refractivity contribution in [2.75, 3.05) is 17.4 Å². The predicted octanol–water partition coefficient (Wildman–Crippen LogP) is 6.27. The van der Waals surface area contributed by atoms with Crippen LogP contribution in [0.25, 0.3) is 0 Å². The first-order valence-electron chi connectivity index (χ1n) is 13.8. The number of carbonyl (C=O) groups is 2. The lowest BCUT2D eigenvalue weighted by Crippen LogP contribution is -2.53. The molecule has 0 saturated carbocycles. The summed E-state index contributed by atoms with van der Waals surface area (Å²) < 4.78 is 29.0. The summed E-state index contributed by atoms with van der Waals surface area (Å²) in [6.45, 7) is 3.63. The zero-order valence-corrected chi connectivity index (χ0v) is 26.2. The number of sulfonamides is 1. The maximum absolute atomic E-state index is 14.4. The Hall–Kier alpha value is -3.85. The summed E-state index contributed by atoms with van der Waals surface area (Å²) in [5.41, 5.74) is 2.80. The van der Waals surface area contributed by atoms with Crippen molar-refractivity contribution in [3.8, 4) is 0 Å². The SMILES string of the molecule is CCNC(=O)C(Cc1ccccc1)N(Cc1ccccc1C)C(=O)CN(c1ccc(Cl)c(Cl)c1)S(=O)(=O)c1ccccc1. The van der Waals surface area contributed by atoms with Gasteiger partial charge in [0.25, 0.3) is 10.0 Å². The summed E-state index contributed by atoms with van der Waals surface area (Å²) in [7, 11) is -4.22. The summed E-state index contributed by atoms with van der Waals surface area (Å²) in [6, 6.07) is 28.3. The van der Waals surface area contributed by atoms with Gasteiger partial charge in [-0.15, -0.1) is 0 Å². The zero-order valence-electron chi connectivity index (χ0n) is 23.9. The van der Waals surface area contributed by atoms with E-state index in [2.05, 4.69) is 5.32 Å². The molecule has 0 radical (unpaired) electrons. The molecule has 10 heteroatoms. The van der Waals surface area contributed by atoms with Crippen LogP contribution in [0.1, 0.15) is 23.6 Å². The number of hydrogen-bond donors (Lipinski definition) is 1. The topological polar surface area (TPSA) is 86.8 Å². The lowest BCUT2D eigenvalue weighted by Gasteiger charge is -2.34. The maximum Gasteiger partial charge on any atom is 0.264 e. The second kappa shape index (κ2) is 14.6. The van der Waals surface area contributed by atoms with Crippen LogP contribution in [0, 0.1) is 6.92 Å². The van der Waals surface area contributed by atoms with Gasteiger partial charge in [0.2, 0.25) is 11.8 Å². The van der Waals surface area contributed by atoms with E-state index in [1.165, 1.54) is 35.2 Å². The van der Waals surface area contributed by atoms with Crippen LogP contribution >= 0.6 is 23.2 Å². The Morgan fingerprint density at radius 3 is 2.09 bits per heavy atom. The predicted molar refractivity (Wildman–Crippen MR) is 172 cm³/mol. The number of halogens is 2. The summed E-state index contributed by atoms with van der Waals surface area (Å²) >= 11 is 12.4. The Labute approximate surface area is 263 Å². The van der Waals surface area contributed by atoms with E-state index in [4.69, 9.17) is 23.2 Å². The molecule has 0 aliphatic heterocycles. The monoisotopic (exact) mass is 637 g/mol. The third-order valence-corrected chi connectivity index (χ3v) is 9.55. The molecule has 0 heterocycles. The Bertz CT molecular complexity index is 1670. The van der Waals surface area contributed by atoms with E-state index in [0.29, 0.717) is 6.54 Å². The summed E-state index contributed by atoms with van der Waals surface area (Å²) in [5.74, 6) is -0.888. The minimum Gasteiger partial charge on any atom is -0.355 e. The molecule has 224 valence electrons. The van der Waals surface area contributed by atoms with Crippen molar-refractivity contribution in [2.24, 2.45) is 0 Å². The molecule has 4 aromatic rings. The number of nitrogens with zero attached hydrogens (tertiary/aromatic N) is 2. The van der Waals surface area contributed by atoms with Crippen LogP contribution in [0.4, 0.5) is 5.69 Å². The molecule has 0 fully saturated rings.